The van der Waals surface area contributed by atoms with Crippen LogP contribution in [-0.4, -0.2) is 10.1 Å². The second-order valence-corrected chi connectivity index (χ2v) is 4.42. The van der Waals surface area contributed by atoms with Crippen LogP contribution in [0.1, 0.15) is 5.56 Å². The first-order chi connectivity index (χ1) is 9.22. The van der Waals surface area contributed by atoms with Gasteiger partial charge in [0.1, 0.15) is 5.75 Å². The van der Waals surface area contributed by atoms with Crippen LogP contribution >= 0.6 is 0 Å². The highest BCUT2D eigenvalue weighted by Gasteiger charge is 2.08. The molecule has 1 heterocycles. The van der Waals surface area contributed by atoms with Gasteiger partial charge in [-0.25, -0.2) is 4.98 Å². The zero-order valence-electron chi connectivity index (χ0n) is 10.5. The van der Waals surface area contributed by atoms with E-state index in [0.717, 1.165) is 16.5 Å². The molecule has 1 aromatic heterocycles. The smallest absolute Gasteiger partial charge is 0.262 e. The molecule has 3 heteroatoms. The molecule has 19 heavy (non-hydrogen) atoms. The van der Waals surface area contributed by atoms with Crippen LogP contribution in [0.15, 0.2) is 54.6 Å². The Morgan fingerprint density at radius 3 is 2.68 bits per heavy atom. The van der Waals surface area contributed by atoms with E-state index in [1.54, 1.807) is 6.07 Å². The van der Waals surface area contributed by atoms with Crippen molar-refractivity contribution < 1.29 is 9.84 Å². The van der Waals surface area contributed by atoms with Crippen molar-refractivity contribution in [2.24, 2.45) is 0 Å². The summed E-state index contributed by atoms with van der Waals surface area (Å²) in [7, 11) is 0. The summed E-state index contributed by atoms with van der Waals surface area (Å²) in [6, 6.07) is 16.9. The van der Waals surface area contributed by atoms with Crippen molar-refractivity contribution in [1.29, 1.82) is 0 Å². The number of aromatic nitrogens is 1. The molecule has 0 aliphatic carbocycles. The average Bonchev–Trinajstić information content (AvgIpc) is 2.40. The minimum atomic E-state index is 0.0419. The molecule has 0 aliphatic heterocycles. The standard InChI is InChI=1S/C16H13NO2/c1-11-5-4-7-13(9-11)19-16-15(18)10-12-6-2-3-8-14(12)17-16/h2-10,18H,1H3. The van der Waals surface area contributed by atoms with Crippen LogP contribution in [-0.2, 0) is 0 Å². The number of hydrogen-bond acceptors (Lipinski definition) is 3. The minimum Gasteiger partial charge on any atom is -0.503 e. The van der Waals surface area contributed by atoms with E-state index in [9.17, 15) is 5.11 Å². The molecule has 2 aromatic carbocycles. The van der Waals surface area contributed by atoms with Gasteiger partial charge in [-0.05, 0) is 36.8 Å². The highest BCUT2D eigenvalue weighted by Crippen LogP contribution is 2.31. The maximum Gasteiger partial charge on any atom is 0.262 e. The summed E-state index contributed by atoms with van der Waals surface area (Å²) in [6.07, 6.45) is 0. The molecule has 0 atom stereocenters. The third-order valence-electron chi connectivity index (χ3n) is 2.87. The van der Waals surface area contributed by atoms with Gasteiger partial charge in [0.2, 0.25) is 0 Å². The zero-order valence-corrected chi connectivity index (χ0v) is 10.5. The van der Waals surface area contributed by atoms with Gasteiger partial charge in [-0.2, -0.15) is 0 Å². The number of fused-ring (bicyclic) bond motifs is 1. The number of pyridine rings is 1. The van der Waals surface area contributed by atoms with Crippen molar-refractivity contribution >= 4 is 10.9 Å². The second kappa shape index (κ2) is 4.61. The molecule has 0 unspecified atom stereocenters. The van der Waals surface area contributed by atoms with Crippen molar-refractivity contribution in [3.05, 3.63) is 60.2 Å². The summed E-state index contributed by atoms with van der Waals surface area (Å²) in [4.78, 5) is 4.33. The Hall–Kier alpha value is -2.55. The van der Waals surface area contributed by atoms with Gasteiger partial charge in [-0.1, -0.05) is 30.3 Å². The minimum absolute atomic E-state index is 0.0419. The third-order valence-corrected chi connectivity index (χ3v) is 2.87. The first-order valence-corrected chi connectivity index (χ1v) is 6.06. The number of nitrogens with zero attached hydrogens (tertiary/aromatic N) is 1. The number of ether oxygens (including phenoxy) is 1. The van der Waals surface area contributed by atoms with Crippen LogP contribution in [0.2, 0.25) is 0 Å². The number of aromatic hydroxyl groups is 1. The van der Waals surface area contributed by atoms with Gasteiger partial charge < -0.3 is 9.84 Å². The van der Waals surface area contributed by atoms with Crippen LogP contribution in [0.5, 0.6) is 17.4 Å². The summed E-state index contributed by atoms with van der Waals surface area (Å²) >= 11 is 0. The summed E-state index contributed by atoms with van der Waals surface area (Å²) < 4.78 is 5.64. The van der Waals surface area contributed by atoms with E-state index in [1.165, 1.54) is 0 Å². The van der Waals surface area contributed by atoms with Gasteiger partial charge in [-0.15, -0.1) is 0 Å². The van der Waals surface area contributed by atoms with Gasteiger partial charge in [0, 0.05) is 5.39 Å². The molecule has 3 nitrogen and oxygen atoms in total. The number of aryl methyl sites for hydroxylation is 1. The van der Waals surface area contributed by atoms with Crippen LogP contribution < -0.4 is 4.74 Å². The molecule has 0 bridgehead atoms. The van der Waals surface area contributed by atoms with Crippen LogP contribution in [0.3, 0.4) is 0 Å². The predicted octanol–water partition coefficient (Wildman–Crippen LogP) is 4.04. The lowest BCUT2D eigenvalue weighted by Crippen LogP contribution is -1.90. The highest BCUT2D eigenvalue weighted by molar-refractivity contribution is 5.80. The van der Waals surface area contributed by atoms with Crippen molar-refractivity contribution in [3.8, 4) is 17.4 Å². The number of hydrogen-bond donors (Lipinski definition) is 1. The zero-order chi connectivity index (χ0) is 13.2. The average molecular weight is 251 g/mol. The van der Waals surface area contributed by atoms with Gasteiger partial charge in [0.05, 0.1) is 5.52 Å². The molecule has 94 valence electrons. The molecule has 1 N–H and O–H groups in total. The largest absolute Gasteiger partial charge is 0.503 e. The molecule has 0 saturated carbocycles. The van der Waals surface area contributed by atoms with Crippen molar-refractivity contribution in [1.82, 2.24) is 4.98 Å². The Morgan fingerprint density at radius 2 is 1.84 bits per heavy atom. The Kier molecular flexibility index (Phi) is 2.80. The van der Waals surface area contributed by atoms with E-state index in [4.69, 9.17) is 4.74 Å². The molecule has 3 aromatic rings. The number of rotatable bonds is 2. The molecule has 0 aliphatic rings. The maximum atomic E-state index is 9.95. The van der Waals surface area contributed by atoms with E-state index in [2.05, 4.69) is 4.98 Å². The highest BCUT2D eigenvalue weighted by atomic mass is 16.5. The van der Waals surface area contributed by atoms with Gasteiger partial charge in [0.25, 0.3) is 5.88 Å². The van der Waals surface area contributed by atoms with Gasteiger partial charge in [0.15, 0.2) is 5.75 Å². The number of benzene rings is 2. The van der Waals surface area contributed by atoms with Crippen LogP contribution in [0.4, 0.5) is 0 Å². The fourth-order valence-corrected chi connectivity index (χ4v) is 1.95. The van der Waals surface area contributed by atoms with Crippen molar-refractivity contribution in [3.63, 3.8) is 0 Å². The van der Waals surface area contributed by atoms with E-state index in [1.807, 2.05) is 55.5 Å². The molecule has 0 fully saturated rings. The number of para-hydroxylation sites is 1. The fraction of sp³-hybridized carbons (Fsp3) is 0.0625. The molecule has 0 radical (unpaired) electrons. The van der Waals surface area contributed by atoms with E-state index in [0.29, 0.717) is 5.75 Å². The molecule has 0 spiro atoms. The summed E-state index contributed by atoms with van der Waals surface area (Å²) in [5, 5.41) is 10.8. The lowest BCUT2D eigenvalue weighted by Gasteiger charge is -2.08. The van der Waals surface area contributed by atoms with Gasteiger partial charge >= 0.3 is 0 Å². The topological polar surface area (TPSA) is 42.4 Å². The van der Waals surface area contributed by atoms with E-state index < -0.39 is 0 Å². The molecular formula is C16H13NO2. The Balaban J connectivity index is 2.03. The summed E-state index contributed by atoms with van der Waals surface area (Å²) in [6.45, 7) is 1.99. The predicted molar refractivity (Wildman–Crippen MR) is 74.7 cm³/mol. The molecule has 3 rings (SSSR count). The van der Waals surface area contributed by atoms with Gasteiger partial charge in [-0.3, -0.25) is 0 Å². The Labute approximate surface area is 111 Å². The summed E-state index contributed by atoms with van der Waals surface area (Å²) in [5.41, 5.74) is 1.89. The normalized spacial score (nSPS) is 10.6. The van der Waals surface area contributed by atoms with Crippen LogP contribution in [0.25, 0.3) is 10.9 Å². The molecule has 0 amide bonds. The van der Waals surface area contributed by atoms with E-state index >= 15 is 0 Å². The lowest BCUT2D eigenvalue weighted by atomic mass is 10.2. The molecule has 0 saturated heterocycles. The Bertz CT molecular complexity index is 738. The molecular weight excluding hydrogens is 238 g/mol. The summed E-state index contributed by atoms with van der Waals surface area (Å²) in [5.74, 6) is 0.933. The Morgan fingerprint density at radius 1 is 1.00 bits per heavy atom. The van der Waals surface area contributed by atoms with E-state index in [-0.39, 0.29) is 11.6 Å². The van der Waals surface area contributed by atoms with Crippen molar-refractivity contribution in [2.45, 2.75) is 6.92 Å². The first kappa shape index (κ1) is 11.5. The van der Waals surface area contributed by atoms with Crippen LogP contribution in [0, 0.1) is 6.92 Å². The SMILES string of the molecule is Cc1cccc(Oc2nc3ccccc3cc2O)c1. The first-order valence-electron chi connectivity index (χ1n) is 6.06. The third kappa shape index (κ3) is 2.36. The quantitative estimate of drug-likeness (QED) is 0.747. The maximum absolute atomic E-state index is 9.95. The lowest BCUT2D eigenvalue weighted by molar-refractivity contribution is 0.399. The van der Waals surface area contributed by atoms with Crippen molar-refractivity contribution in [2.75, 3.05) is 0 Å². The fourth-order valence-electron chi connectivity index (χ4n) is 1.95. The second-order valence-electron chi connectivity index (χ2n) is 4.42. The monoisotopic (exact) mass is 251 g/mol.